The second kappa shape index (κ2) is 6.67. The molecule has 1 aliphatic rings. The fraction of sp³-hybridized carbons (Fsp3) is 0.182. The highest BCUT2D eigenvalue weighted by Gasteiger charge is 2.31. The number of anilines is 1. The van der Waals surface area contributed by atoms with E-state index in [4.69, 9.17) is 5.41 Å². The van der Waals surface area contributed by atoms with Crippen LogP contribution in [0.4, 0.5) is 5.69 Å². The van der Waals surface area contributed by atoms with Crippen LogP contribution in [-0.4, -0.2) is 22.5 Å². The Labute approximate surface area is 163 Å². The molecule has 1 aromatic heterocycles. The van der Waals surface area contributed by atoms with Gasteiger partial charge >= 0.3 is 0 Å². The van der Waals surface area contributed by atoms with Crippen molar-refractivity contribution in [2.24, 2.45) is 0 Å². The average Bonchev–Trinajstić information content (AvgIpc) is 3.19. The summed E-state index contributed by atoms with van der Waals surface area (Å²) in [5, 5.41) is 21.8. The van der Waals surface area contributed by atoms with Gasteiger partial charge in [0.2, 0.25) is 0 Å². The largest absolute Gasteiger partial charge is 0.510 e. The zero-order valence-corrected chi connectivity index (χ0v) is 16.4. The molecule has 3 aromatic rings. The minimum atomic E-state index is 0.198. The summed E-state index contributed by atoms with van der Waals surface area (Å²) in [5.41, 5.74) is 6.85. The minimum absolute atomic E-state index is 0.198. The van der Waals surface area contributed by atoms with Crippen LogP contribution >= 0.6 is 11.3 Å². The second-order valence-electron chi connectivity index (χ2n) is 7.01. The molecule has 2 N–H and O–H groups in total. The van der Waals surface area contributed by atoms with Crippen molar-refractivity contribution in [3.8, 4) is 11.3 Å². The van der Waals surface area contributed by atoms with Gasteiger partial charge in [-0.2, -0.15) is 0 Å². The van der Waals surface area contributed by atoms with Gasteiger partial charge in [-0.3, -0.25) is 5.41 Å². The van der Waals surface area contributed by atoms with Crippen LogP contribution in [0.2, 0.25) is 0 Å². The molecular formula is C22H21N3OS. The molecule has 1 aliphatic heterocycles. The quantitative estimate of drug-likeness (QED) is 0.635. The number of thiazole rings is 1. The summed E-state index contributed by atoms with van der Waals surface area (Å²) >= 11 is 1.46. The first-order valence-electron chi connectivity index (χ1n) is 8.82. The van der Waals surface area contributed by atoms with Gasteiger partial charge in [0.05, 0.1) is 17.8 Å². The number of nitrogens with zero attached hydrogens (tertiary/aromatic N) is 2. The minimum Gasteiger partial charge on any atom is -0.510 e. The summed E-state index contributed by atoms with van der Waals surface area (Å²) in [7, 11) is 0. The van der Waals surface area contributed by atoms with Gasteiger partial charge in [-0.05, 0) is 44.0 Å². The average molecular weight is 375 g/mol. The maximum Gasteiger partial charge on any atom is 0.139 e. The molecule has 0 saturated heterocycles. The molecule has 0 saturated carbocycles. The number of aromatic nitrogens is 1. The van der Waals surface area contributed by atoms with Crippen LogP contribution in [0.25, 0.3) is 16.8 Å². The summed E-state index contributed by atoms with van der Waals surface area (Å²) in [6.45, 7) is 6.44. The predicted molar refractivity (Wildman–Crippen MR) is 113 cm³/mol. The second-order valence-corrected chi connectivity index (χ2v) is 7.86. The van der Waals surface area contributed by atoms with E-state index in [9.17, 15) is 5.11 Å². The van der Waals surface area contributed by atoms with Gasteiger partial charge in [0.25, 0.3) is 0 Å². The van der Waals surface area contributed by atoms with Crippen molar-refractivity contribution < 1.29 is 5.11 Å². The molecule has 0 fully saturated rings. The molecule has 4 nitrogen and oxygen atoms in total. The van der Waals surface area contributed by atoms with Crippen LogP contribution in [0.15, 0.2) is 53.6 Å². The number of hydrogen-bond acceptors (Lipinski definition) is 4. The Morgan fingerprint density at radius 3 is 2.33 bits per heavy atom. The number of aliphatic hydroxyl groups excluding tert-OH is 1. The Kier molecular flexibility index (Phi) is 4.32. The first-order chi connectivity index (χ1) is 12.9. The topological polar surface area (TPSA) is 60.2 Å². The molecular weight excluding hydrogens is 354 g/mol. The lowest BCUT2D eigenvalue weighted by molar-refractivity contribution is 0.411. The lowest BCUT2D eigenvalue weighted by Gasteiger charge is -2.19. The number of aryl methyl sites for hydroxylation is 3. The Hall–Kier alpha value is -2.92. The predicted octanol–water partition coefficient (Wildman–Crippen LogP) is 5.50. The van der Waals surface area contributed by atoms with Crippen LogP contribution in [0.3, 0.4) is 0 Å². The maximum absolute atomic E-state index is 10.6. The van der Waals surface area contributed by atoms with E-state index in [1.807, 2.05) is 48.4 Å². The van der Waals surface area contributed by atoms with E-state index in [0.717, 1.165) is 28.1 Å². The van der Waals surface area contributed by atoms with E-state index >= 15 is 0 Å². The smallest absolute Gasteiger partial charge is 0.139 e. The molecule has 2 heterocycles. The number of amidine groups is 1. The third kappa shape index (κ3) is 3.26. The van der Waals surface area contributed by atoms with Crippen molar-refractivity contribution in [3.05, 3.63) is 75.3 Å². The molecule has 0 unspecified atom stereocenters. The Bertz CT molecular complexity index is 1040. The van der Waals surface area contributed by atoms with Crippen LogP contribution in [0.5, 0.6) is 0 Å². The molecule has 0 spiro atoms. The molecule has 0 atom stereocenters. The maximum atomic E-state index is 10.6. The molecule has 0 bridgehead atoms. The number of aliphatic hydroxyl groups is 1. The molecule has 0 amide bonds. The van der Waals surface area contributed by atoms with E-state index in [-0.39, 0.29) is 5.76 Å². The fourth-order valence-corrected chi connectivity index (χ4v) is 4.27. The molecule has 2 aromatic carbocycles. The van der Waals surface area contributed by atoms with E-state index in [2.05, 4.69) is 30.1 Å². The molecule has 0 aliphatic carbocycles. The fourth-order valence-electron chi connectivity index (χ4n) is 3.38. The SMILES string of the molecule is Cc1ccc(-c2csc(C3=C(O)CN(c4cc(C)cc(C)c4)C3=N)n2)cc1. The van der Waals surface area contributed by atoms with Crippen molar-refractivity contribution in [3.63, 3.8) is 0 Å². The van der Waals surface area contributed by atoms with E-state index in [1.54, 1.807) is 0 Å². The lowest BCUT2D eigenvalue weighted by atomic mass is 10.1. The third-order valence-electron chi connectivity index (χ3n) is 4.69. The third-order valence-corrected chi connectivity index (χ3v) is 5.55. The zero-order chi connectivity index (χ0) is 19.1. The molecule has 0 radical (unpaired) electrons. The van der Waals surface area contributed by atoms with E-state index < -0.39 is 0 Å². The van der Waals surface area contributed by atoms with Gasteiger partial charge in [-0.1, -0.05) is 35.9 Å². The summed E-state index contributed by atoms with van der Waals surface area (Å²) in [6.07, 6.45) is 0. The van der Waals surface area contributed by atoms with Crippen molar-refractivity contribution in [1.82, 2.24) is 4.98 Å². The highest BCUT2D eigenvalue weighted by Crippen LogP contribution is 2.35. The van der Waals surface area contributed by atoms with Gasteiger partial charge in [-0.15, -0.1) is 11.3 Å². The van der Waals surface area contributed by atoms with Gasteiger partial charge in [0.15, 0.2) is 0 Å². The first kappa shape index (κ1) is 17.5. The van der Waals surface area contributed by atoms with Gasteiger partial charge in [0, 0.05) is 16.6 Å². The highest BCUT2D eigenvalue weighted by atomic mass is 32.1. The molecule has 5 heteroatoms. The van der Waals surface area contributed by atoms with Crippen LogP contribution in [0, 0.1) is 26.2 Å². The normalized spacial score (nSPS) is 14.3. The molecule has 27 heavy (non-hydrogen) atoms. The number of hydrogen-bond donors (Lipinski definition) is 2. The Morgan fingerprint density at radius 2 is 1.67 bits per heavy atom. The lowest BCUT2D eigenvalue weighted by Crippen LogP contribution is -2.26. The number of rotatable bonds is 3. The summed E-state index contributed by atoms with van der Waals surface area (Å²) in [4.78, 5) is 6.52. The van der Waals surface area contributed by atoms with E-state index in [1.165, 1.54) is 16.9 Å². The van der Waals surface area contributed by atoms with Gasteiger partial charge < -0.3 is 10.0 Å². The van der Waals surface area contributed by atoms with Crippen molar-refractivity contribution >= 4 is 28.4 Å². The van der Waals surface area contributed by atoms with Crippen molar-refractivity contribution in [1.29, 1.82) is 5.41 Å². The number of nitrogens with one attached hydrogen (secondary N) is 1. The molecule has 4 rings (SSSR count). The van der Waals surface area contributed by atoms with Gasteiger partial charge in [0.1, 0.15) is 16.6 Å². The van der Waals surface area contributed by atoms with Crippen LogP contribution in [0.1, 0.15) is 21.7 Å². The summed E-state index contributed by atoms with van der Waals surface area (Å²) in [6, 6.07) is 14.4. The van der Waals surface area contributed by atoms with Crippen molar-refractivity contribution in [2.45, 2.75) is 20.8 Å². The monoisotopic (exact) mass is 375 g/mol. The Balaban J connectivity index is 1.65. The summed E-state index contributed by atoms with van der Waals surface area (Å²) < 4.78 is 0. The van der Waals surface area contributed by atoms with Crippen LogP contribution < -0.4 is 4.90 Å². The first-order valence-corrected chi connectivity index (χ1v) is 9.70. The van der Waals surface area contributed by atoms with Crippen LogP contribution in [-0.2, 0) is 0 Å². The number of benzene rings is 2. The van der Waals surface area contributed by atoms with E-state index in [0.29, 0.717) is 23.0 Å². The standard InChI is InChI=1S/C22H21N3OS/c1-13-4-6-16(7-5-13)18-12-27-22(24-18)20-19(26)11-25(21(20)23)17-9-14(2)8-15(3)10-17/h4-10,12,23,26H,11H2,1-3H3. The van der Waals surface area contributed by atoms with Crippen molar-refractivity contribution in [2.75, 3.05) is 11.4 Å². The van der Waals surface area contributed by atoms with Gasteiger partial charge in [-0.25, -0.2) is 4.98 Å². The molecule has 136 valence electrons. The Morgan fingerprint density at radius 1 is 1.00 bits per heavy atom. The highest BCUT2D eigenvalue weighted by molar-refractivity contribution is 7.11. The zero-order valence-electron chi connectivity index (χ0n) is 15.6. The summed E-state index contributed by atoms with van der Waals surface area (Å²) in [5.74, 6) is 0.492.